The molecule has 10 rings (SSSR count). The number of piperazine rings is 2. The number of carbonyl (C=O) groups excluding carboxylic acids is 3. The van der Waals surface area contributed by atoms with E-state index in [-0.39, 0.29) is 17.8 Å². The first-order chi connectivity index (χ1) is 40.2. The number of carbonyl (C=O) groups is 3. The summed E-state index contributed by atoms with van der Waals surface area (Å²) >= 11 is 0. The highest BCUT2D eigenvalue weighted by Crippen LogP contribution is 2.42. The van der Waals surface area contributed by atoms with Gasteiger partial charge < -0.3 is 38.5 Å². The molecule has 2 aromatic heterocycles. The number of aldehydes is 1. The number of hydrogen-bond donors (Lipinski definition) is 1. The number of nitrogens with zero attached hydrogens (tertiary/aromatic N) is 7. The Labute approximate surface area is 492 Å². The molecule has 4 heterocycles. The third kappa shape index (κ3) is 16.1. The maximum atomic E-state index is 12.4. The van der Waals surface area contributed by atoms with Gasteiger partial charge in [0.15, 0.2) is 0 Å². The molecule has 0 aliphatic carbocycles. The van der Waals surface area contributed by atoms with Crippen molar-refractivity contribution in [3.8, 4) is 0 Å². The lowest BCUT2D eigenvalue weighted by Gasteiger charge is -2.37. The molecule has 2 amide bonds. The summed E-state index contributed by atoms with van der Waals surface area (Å²) in [6.07, 6.45) is 14.1. The molecular formula is C70H84N8O5. The molecule has 0 spiro atoms. The minimum atomic E-state index is -0.528. The average Bonchev–Trinajstić information content (AvgIpc) is 4.31. The van der Waals surface area contributed by atoms with Crippen LogP contribution in [0.2, 0.25) is 0 Å². The Kier molecular flexibility index (Phi) is 21.5. The summed E-state index contributed by atoms with van der Waals surface area (Å²) in [5.74, 6) is 0. The van der Waals surface area contributed by atoms with E-state index >= 15 is 0 Å². The first-order valence-electron chi connectivity index (χ1n) is 29.4. The number of ether oxygens (including phenoxy) is 2. The van der Waals surface area contributed by atoms with Crippen LogP contribution in [-0.2, 0) is 38.2 Å². The molecule has 2 saturated heterocycles. The topological polar surface area (TPSA) is 127 Å². The third-order valence-corrected chi connectivity index (χ3v) is 14.9. The number of unbranched alkanes of at least 4 members (excludes halogenated alkanes) is 2. The monoisotopic (exact) mass is 1120 g/mol. The molecule has 1 N–H and O–H groups in total. The molecule has 83 heavy (non-hydrogen) atoms. The van der Waals surface area contributed by atoms with Gasteiger partial charge in [-0.2, -0.15) is 0 Å². The molecule has 0 unspecified atom stereocenters. The lowest BCUT2D eigenvalue weighted by atomic mass is 9.77. The van der Waals surface area contributed by atoms with Crippen LogP contribution >= 0.6 is 0 Å². The standard InChI is InChI=1S/C35H42N4O2.C26H24N2O.C9H18N2O2/c1-34(2,3)41-33(40)38-25-23-37(24-26-38)22-14-13-21-32-27-39(28-36-32)35(29-15-7-4-8-16-29,30-17-9-5-10-18-30)31-19-11-6-12-20-31;29-19-11-10-18-25-20-28(21-27-25)26(22-12-4-1-5-13-22,23-14-6-2-7-15-23)24-16-8-3-9-17-24;1-9(2,3)13-8(12)11-6-4-10-5-7-11/h4-12,15-20,27-28H,13-14,21-26H2,1-3H3;1-9,12-17,19-21H,10-11,18H2;10H,4-7H2,1-3H3. The first kappa shape index (κ1) is 61.0. The number of aryl methyl sites for hydroxylation is 2. The van der Waals surface area contributed by atoms with Gasteiger partial charge in [-0.1, -0.05) is 182 Å². The highest BCUT2D eigenvalue weighted by atomic mass is 16.6. The highest BCUT2D eigenvalue weighted by molar-refractivity contribution is 5.68. The lowest BCUT2D eigenvalue weighted by Crippen LogP contribution is -2.50. The van der Waals surface area contributed by atoms with Crippen molar-refractivity contribution in [3.05, 3.63) is 252 Å². The molecule has 434 valence electrons. The van der Waals surface area contributed by atoms with Crippen LogP contribution in [0.4, 0.5) is 9.59 Å². The van der Waals surface area contributed by atoms with Crippen LogP contribution in [0.3, 0.4) is 0 Å². The molecule has 0 saturated carbocycles. The van der Waals surface area contributed by atoms with Crippen molar-refractivity contribution in [2.45, 2.75) is 102 Å². The minimum Gasteiger partial charge on any atom is -0.444 e. The predicted octanol–water partition coefficient (Wildman–Crippen LogP) is 12.7. The molecular weight excluding hydrogens is 1030 g/mol. The van der Waals surface area contributed by atoms with Crippen molar-refractivity contribution in [2.24, 2.45) is 0 Å². The van der Waals surface area contributed by atoms with Gasteiger partial charge >= 0.3 is 12.2 Å². The summed E-state index contributed by atoms with van der Waals surface area (Å²) in [5, 5.41) is 3.18. The van der Waals surface area contributed by atoms with Gasteiger partial charge in [0.1, 0.15) is 28.6 Å². The van der Waals surface area contributed by atoms with Gasteiger partial charge in [0.2, 0.25) is 0 Å². The van der Waals surface area contributed by atoms with Crippen molar-refractivity contribution >= 4 is 18.5 Å². The molecule has 6 aromatic carbocycles. The second kappa shape index (κ2) is 29.2. The van der Waals surface area contributed by atoms with E-state index in [0.717, 1.165) is 109 Å². The van der Waals surface area contributed by atoms with Crippen molar-refractivity contribution in [3.63, 3.8) is 0 Å². The fourth-order valence-corrected chi connectivity index (χ4v) is 11.0. The van der Waals surface area contributed by atoms with Crippen LogP contribution in [0.1, 0.15) is 112 Å². The molecule has 0 bridgehead atoms. The van der Waals surface area contributed by atoms with E-state index in [9.17, 15) is 14.4 Å². The van der Waals surface area contributed by atoms with Crippen molar-refractivity contribution in [1.29, 1.82) is 0 Å². The smallest absolute Gasteiger partial charge is 0.410 e. The average molecular weight is 1120 g/mol. The van der Waals surface area contributed by atoms with Crippen LogP contribution in [0.25, 0.3) is 0 Å². The zero-order chi connectivity index (χ0) is 58.6. The number of aromatic nitrogens is 4. The van der Waals surface area contributed by atoms with Crippen LogP contribution in [0.5, 0.6) is 0 Å². The molecule has 0 atom stereocenters. The lowest BCUT2D eigenvalue weighted by molar-refractivity contribution is -0.107. The van der Waals surface area contributed by atoms with Crippen LogP contribution in [0, 0.1) is 0 Å². The van der Waals surface area contributed by atoms with E-state index in [4.69, 9.17) is 14.5 Å². The highest BCUT2D eigenvalue weighted by Gasteiger charge is 2.40. The summed E-state index contributed by atoms with van der Waals surface area (Å²) in [5.41, 5.74) is 7.34. The first-order valence-corrected chi connectivity index (χ1v) is 29.4. The molecule has 2 fully saturated rings. The van der Waals surface area contributed by atoms with Gasteiger partial charge in [0.25, 0.3) is 0 Å². The maximum Gasteiger partial charge on any atom is 0.410 e. The van der Waals surface area contributed by atoms with E-state index in [0.29, 0.717) is 6.42 Å². The summed E-state index contributed by atoms with van der Waals surface area (Å²) in [6, 6.07) is 63.8. The molecule has 0 radical (unpaired) electrons. The molecule has 8 aromatic rings. The number of nitrogens with one attached hydrogen (secondary N) is 1. The number of imidazole rings is 2. The quantitative estimate of drug-likeness (QED) is 0.0539. The fraction of sp³-hybridized carbons (Fsp3) is 0.357. The Bertz CT molecular complexity index is 2990. The third-order valence-electron chi connectivity index (χ3n) is 14.9. The number of amides is 2. The van der Waals surface area contributed by atoms with Gasteiger partial charge in [0, 0.05) is 71.2 Å². The number of rotatable bonds is 17. The molecule has 2 aliphatic heterocycles. The number of benzene rings is 6. The summed E-state index contributed by atoms with van der Waals surface area (Å²) < 4.78 is 15.3. The second-order valence-corrected chi connectivity index (χ2v) is 23.2. The Morgan fingerprint density at radius 3 is 1.11 bits per heavy atom. The van der Waals surface area contributed by atoms with Gasteiger partial charge in [-0.3, -0.25) is 4.90 Å². The van der Waals surface area contributed by atoms with Gasteiger partial charge in [-0.15, -0.1) is 0 Å². The maximum absolute atomic E-state index is 12.4. The van der Waals surface area contributed by atoms with E-state index < -0.39 is 16.7 Å². The van der Waals surface area contributed by atoms with E-state index in [1.54, 1.807) is 4.90 Å². The van der Waals surface area contributed by atoms with Crippen LogP contribution in [-0.4, -0.2) is 122 Å². The normalized spacial score (nSPS) is 14.1. The zero-order valence-electron chi connectivity index (χ0n) is 49.5. The Hall–Kier alpha value is -8.13. The SMILES string of the molecule is CC(C)(C)OC(=O)N1CCN(CCCCc2cn(C(c3ccccc3)(c3ccccc3)c3ccccc3)cn2)CC1.CC(C)(C)OC(=O)N1CCNCC1.O=CCCCc1cn(C(c2ccccc2)(c2ccccc2)c2ccccc2)cn1. The zero-order valence-corrected chi connectivity index (χ0v) is 49.5. The van der Waals surface area contributed by atoms with Crippen LogP contribution in [0.15, 0.2) is 207 Å². The van der Waals surface area contributed by atoms with E-state index in [1.165, 1.54) is 33.4 Å². The largest absolute Gasteiger partial charge is 0.444 e. The summed E-state index contributed by atoms with van der Waals surface area (Å²) in [4.78, 5) is 50.1. The summed E-state index contributed by atoms with van der Waals surface area (Å²) in [7, 11) is 0. The summed E-state index contributed by atoms with van der Waals surface area (Å²) in [6.45, 7) is 18.9. The van der Waals surface area contributed by atoms with Gasteiger partial charge in [0.05, 0.1) is 24.0 Å². The second-order valence-electron chi connectivity index (χ2n) is 23.2. The van der Waals surface area contributed by atoms with Gasteiger partial charge in [-0.25, -0.2) is 19.6 Å². The Morgan fingerprint density at radius 2 is 0.783 bits per heavy atom. The Morgan fingerprint density at radius 1 is 0.458 bits per heavy atom. The predicted molar refractivity (Wildman–Crippen MR) is 331 cm³/mol. The molecule has 13 nitrogen and oxygen atoms in total. The van der Waals surface area contributed by atoms with Crippen LogP contribution < -0.4 is 5.32 Å². The fourth-order valence-electron chi connectivity index (χ4n) is 11.0. The Balaban J connectivity index is 0.000000185. The molecule has 2 aliphatic rings. The van der Waals surface area contributed by atoms with Gasteiger partial charge in [-0.05, 0) is 114 Å². The minimum absolute atomic E-state index is 0.200. The van der Waals surface area contributed by atoms with E-state index in [1.807, 2.05) is 77.3 Å². The van der Waals surface area contributed by atoms with Crippen molar-refractivity contribution < 1.29 is 23.9 Å². The van der Waals surface area contributed by atoms with Crippen molar-refractivity contribution in [2.75, 3.05) is 58.9 Å². The number of hydrogen-bond acceptors (Lipinski definition) is 9. The molecule has 13 heteroatoms. The van der Waals surface area contributed by atoms with Crippen molar-refractivity contribution in [1.82, 2.24) is 39.1 Å². The van der Waals surface area contributed by atoms with E-state index in [2.05, 4.69) is 201 Å².